The highest BCUT2D eigenvalue weighted by Crippen LogP contribution is 2.27. The quantitative estimate of drug-likeness (QED) is 0.459. The van der Waals surface area contributed by atoms with Crippen LogP contribution in [-0.4, -0.2) is 49.8 Å². The lowest BCUT2D eigenvalue weighted by Gasteiger charge is -2.16. The molecule has 4 N–H and O–H groups in total. The lowest BCUT2D eigenvalue weighted by Crippen LogP contribution is -2.38. The third-order valence-corrected chi connectivity index (χ3v) is 2.72. The molecule has 1 saturated heterocycles. The van der Waals surface area contributed by atoms with Gasteiger partial charge < -0.3 is 20.1 Å². The van der Waals surface area contributed by atoms with E-state index in [0.717, 1.165) is 0 Å². The molecule has 9 heteroatoms. The first-order chi connectivity index (χ1) is 8.45. The zero-order valence-corrected chi connectivity index (χ0v) is 8.99. The van der Waals surface area contributed by atoms with Crippen LogP contribution in [0.3, 0.4) is 0 Å². The second-order valence-electron chi connectivity index (χ2n) is 3.87. The van der Waals surface area contributed by atoms with E-state index in [2.05, 4.69) is 0 Å². The summed E-state index contributed by atoms with van der Waals surface area (Å²) in [5.74, 6) is -1.23. The number of aromatic amines is 1. The Morgan fingerprint density at radius 3 is 2.61 bits per heavy atom. The second kappa shape index (κ2) is 4.61. The van der Waals surface area contributed by atoms with E-state index in [4.69, 9.17) is 9.84 Å². The minimum atomic E-state index is -1.52. The largest absolute Gasteiger partial charge is 0.394 e. The molecule has 1 aliphatic heterocycles. The number of hydrogen-bond acceptors (Lipinski definition) is 6. The molecule has 0 bridgehead atoms. The Labute approximate surface area is 98.9 Å². The minimum Gasteiger partial charge on any atom is -0.394 e. The Hall–Kier alpha value is -1.55. The zero-order valence-electron chi connectivity index (χ0n) is 8.99. The maximum atomic E-state index is 13.1. The van der Waals surface area contributed by atoms with Crippen LogP contribution in [0.25, 0.3) is 0 Å². The molecule has 0 spiro atoms. The van der Waals surface area contributed by atoms with E-state index in [1.807, 2.05) is 0 Å². The molecule has 1 aliphatic rings. The summed E-state index contributed by atoms with van der Waals surface area (Å²) in [7, 11) is 0. The average molecular weight is 262 g/mol. The Morgan fingerprint density at radius 2 is 2.06 bits per heavy atom. The van der Waals surface area contributed by atoms with Gasteiger partial charge in [0.05, 0.1) is 12.8 Å². The molecule has 0 saturated carbocycles. The van der Waals surface area contributed by atoms with Crippen LogP contribution < -0.4 is 11.2 Å². The van der Waals surface area contributed by atoms with Crippen LogP contribution in [0.15, 0.2) is 15.8 Å². The number of nitrogens with zero attached hydrogens (tertiary/aromatic N) is 1. The maximum absolute atomic E-state index is 13.1. The maximum Gasteiger partial charge on any atom is 0.330 e. The van der Waals surface area contributed by atoms with Crippen molar-refractivity contribution in [1.29, 1.82) is 0 Å². The fourth-order valence-electron chi connectivity index (χ4n) is 1.76. The Kier molecular flexibility index (Phi) is 3.30. The number of rotatable bonds is 2. The van der Waals surface area contributed by atoms with Gasteiger partial charge in [-0.15, -0.1) is 0 Å². The fraction of sp³-hybridized carbons (Fsp3) is 0.556. The number of halogens is 1. The topological polar surface area (TPSA) is 125 Å². The Morgan fingerprint density at radius 1 is 1.39 bits per heavy atom. The number of aromatic nitrogens is 2. The first-order valence-electron chi connectivity index (χ1n) is 5.09. The smallest absolute Gasteiger partial charge is 0.330 e. The summed E-state index contributed by atoms with van der Waals surface area (Å²) >= 11 is 0. The van der Waals surface area contributed by atoms with Gasteiger partial charge in [-0.05, 0) is 0 Å². The van der Waals surface area contributed by atoms with Crippen LogP contribution in [0.4, 0.5) is 4.39 Å². The van der Waals surface area contributed by atoms with E-state index in [-0.39, 0.29) is 0 Å². The predicted molar refractivity (Wildman–Crippen MR) is 54.3 cm³/mol. The zero-order chi connectivity index (χ0) is 13.4. The van der Waals surface area contributed by atoms with Crippen molar-refractivity contribution in [3.8, 4) is 0 Å². The highest BCUT2D eigenvalue weighted by Gasteiger charge is 2.43. The normalized spacial score (nSPS) is 31.8. The summed E-state index contributed by atoms with van der Waals surface area (Å²) in [4.78, 5) is 24.0. The standard InChI is InChI=1S/C9H11FN2O6/c10-3-1-12(9(17)11-7(3)16)8-6(15)5(14)4(2-13)18-8/h1,4-6,8,13-15H,2H2,(H,11,16,17)/t4-,5-,6-,8?/m1/s1. The Bertz CT molecular complexity index is 555. The molecule has 0 aromatic carbocycles. The van der Waals surface area contributed by atoms with Crippen LogP contribution in [0.5, 0.6) is 0 Å². The van der Waals surface area contributed by atoms with Gasteiger partial charge >= 0.3 is 5.69 Å². The number of nitrogens with one attached hydrogen (secondary N) is 1. The molecule has 1 unspecified atom stereocenters. The molecule has 1 aromatic rings. The van der Waals surface area contributed by atoms with Crippen molar-refractivity contribution in [3.63, 3.8) is 0 Å². The molecule has 0 radical (unpaired) electrons. The average Bonchev–Trinajstić information content (AvgIpc) is 2.61. The molecular formula is C9H11FN2O6. The summed E-state index contributed by atoms with van der Waals surface area (Å²) in [5.41, 5.74) is -2.18. The molecule has 1 fully saturated rings. The van der Waals surface area contributed by atoms with Crippen molar-refractivity contribution in [2.75, 3.05) is 6.61 Å². The van der Waals surface area contributed by atoms with Gasteiger partial charge in [0.15, 0.2) is 6.23 Å². The second-order valence-corrected chi connectivity index (χ2v) is 3.87. The van der Waals surface area contributed by atoms with Gasteiger partial charge in [-0.25, -0.2) is 4.79 Å². The van der Waals surface area contributed by atoms with E-state index in [1.165, 1.54) is 0 Å². The number of aliphatic hydroxyl groups excluding tert-OH is 3. The summed E-state index contributed by atoms with van der Waals surface area (Å²) in [5, 5.41) is 28.0. The van der Waals surface area contributed by atoms with Gasteiger partial charge in [-0.3, -0.25) is 14.3 Å². The molecule has 2 heterocycles. The monoisotopic (exact) mass is 262 g/mol. The van der Waals surface area contributed by atoms with Gasteiger partial charge in [0.2, 0.25) is 5.82 Å². The van der Waals surface area contributed by atoms with E-state index in [9.17, 15) is 24.2 Å². The van der Waals surface area contributed by atoms with E-state index in [0.29, 0.717) is 10.8 Å². The van der Waals surface area contributed by atoms with Crippen LogP contribution in [0.1, 0.15) is 6.23 Å². The lowest BCUT2D eigenvalue weighted by molar-refractivity contribution is -0.0554. The van der Waals surface area contributed by atoms with Crippen LogP contribution in [0.2, 0.25) is 0 Å². The summed E-state index contributed by atoms with van der Waals surface area (Å²) in [6.45, 7) is -0.574. The lowest BCUT2D eigenvalue weighted by atomic mass is 10.1. The van der Waals surface area contributed by atoms with Crippen molar-refractivity contribution in [2.24, 2.45) is 0 Å². The van der Waals surface area contributed by atoms with Gasteiger partial charge in [0, 0.05) is 0 Å². The number of ether oxygens (including phenoxy) is 1. The van der Waals surface area contributed by atoms with Gasteiger partial charge in [0.25, 0.3) is 5.56 Å². The SMILES string of the molecule is O=c1[nH]c(=O)n(C2O[C@H](CO)[C@@H](O)[C@H]2O)cc1F. The van der Waals surface area contributed by atoms with Crippen LogP contribution >= 0.6 is 0 Å². The van der Waals surface area contributed by atoms with Gasteiger partial charge in [-0.2, -0.15) is 4.39 Å². The Balaban J connectivity index is 2.42. The van der Waals surface area contributed by atoms with E-state index in [1.54, 1.807) is 4.98 Å². The third-order valence-electron chi connectivity index (χ3n) is 2.72. The van der Waals surface area contributed by atoms with Crippen molar-refractivity contribution >= 4 is 0 Å². The van der Waals surface area contributed by atoms with Gasteiger partial charge in [-0.1, -0.05) is 0 Å². The molecule has 18 heavy (non-hydrogen) atoms. The number of hydrogen-bond donors (Lipinski definition) is 4. The van der Waals surface area contributed by atoms with Crippen LogP contribution in [-0.2, 0) is 4.74 Å². The summed E-state index contributed by atoms with van der Waals surface area (Å²) in [6.07, 6.45) is -4.84. The molecule has 0 amide bonds. The third kappa shape index (κ3) is 1.97. The van der Waals surface area contributed by atoms with Crippen molar-refractivity contribution < 1.29 is 24.4 Å². The number of H-pyrrole nitrogens is 1. The molecule has 2 rings (SSSR count). The van der Waals surface area contributed by atoms with E-state index >= 15 is 0 Å². The predicted octanol–water partition coefficient (Wildman–Crippen LogP) is -2.71. The van der Waals surface area contributed by atoms with Crippen molar-refractivity contribution in [3.05, 3.63) is 32.9 Å². The van der Waals surface area contributed by atoms with E-state index < -0.39 is 48.2 Å². The van der Waals surface area contributed by atoms with Crippen LogP contribution in [0, 0.1) is 5.82 Å². The first kappa shape index (κ1) is 12.9. The summed E-state index contributed by atoms with van der Waals surface area (Å²) < 4.78 is 18.7. The molecule has 100 valence electrons. The highest BCUT2D eigenvalue weighted by atomic mass is 19.1. The molecule has 0 aliphatic carbocycles. The molecule has 4 atom stereocenters. The molecule has 1 aromatic heterocycles. The molecule has 8 nitrogen and oxygen atoms in total. The minimum absolute atomic E-state index is 0.571. The van der Waals surface area contributed by atoms with Gasteiger partial charge in [0.1, 0.15) is 18.3 Å². The number of aliphatic hydroxyl groups is 3. The van der Waals surface area contributed by atoms with Crippen molar-refractivity contribution in [1.82, 2.24) is 9.55 Å². The molecular weight excluding hydrogens is 251 g/mol. The summed E-state index contributed by atoms with van der Waals surface area (Å²) in [6, 6.07) is 0. The fourth-order valence-corrected chi connectivity index (χ4v) is 1.76. The van der Waals surface area contributed by atoms with Crippen molar-refractivity contribution in [2.45, 2.75) is 24.5 Å². The highest BCUT2D eigenvalue weighted by molar-refractivity contribution is 4.94. The first-order valence-corrected chi connectivity index (χ1v) is 5.09.